The summed E-state index contributed by atoms with van der Waals surface area (Å²) < 4.78 is 141. The third-order valence-corrected chi connectivity index (χ3v) is 23.0. The van der Waals surface area contributed by atoms with Crippen LogP contribution in [0.1, 0.15) is 68.5 Å². The first-order valence-electron chi connectivity index (χ1n) is 43.7. The van der Waals surface area contributed by atoms with Crippen molar-refractivity contribution in [3.8, 4) is 0 Å². The van der Waals surface area contributed by atoms with Gasteiger partial charge in [-0.1, -0.05) is 308 Å². The van der Waals surface area contributed by atoms with Gasteiger partial charge in [-0.2, -0.15) is 5.06 Å². The van der Waals surface area contributed by atoms with Gasteiger partial charge in [-0.05, 0) is 78.6 Å². The SMILES string of the molecule is C[P+](=O)O[C@@H]1C(OCc2ccccc2)[C@H](OCC(OCc2ccccc2)C(OCc2ccccc2)C(CON2CCC[C@H]2C=O)OCc2ccccc2)O[C@@H]1COCc1ccccc1.[N-]=[N+]=NCCOCCOP(=O)(O)O[C@@H]1C(OCc2ccccc2)[C@H](OCC(OCc2ccccc2)C(OCc2ccccc2)C(CO)OCc2ccccc2)O[C@@H]1COCc1ccccc1. The number of hydroxylamine groups is 2. The van der Waals surface area contributed by atoms with Crippen LogP contribution in [0, 0.1) is 0 Å². The van der Waals surface area contributed by atoms with Crippen molar-refractivity contribution in [1.82, 2.24) is 5.06 Å². The summed E-state index contributed by atoms with van der Waals surface area (Å²) in [6, 6.07) is 96.8. The molecule has 10 aromatic rings. The first-order valence-corrected chi connectivity index (χ1v) is 46.8. The summed E-state index contributed by atoms with van der Waals surface area (Å²) in [7, 11) is -6.87. The Morgan fingerprint density at radius 1 is 0.438 bits per heavy atom. The van der Waals surface area contributed by atoms with Gasteiger partial charge in [-0.15, -0.1) is 4.52 Å². The largest absolute Gasteiger partial charge is 0.505 e. The normalized spacial score (nSPS) is 20.5. The molecule has 30 heteroatoms. The predicted octanol–water partition coefficient (Wildman–Crippen LogP) is 16.7. The van der Waals surface area contributed by atoms with Crippen LogP contribution in [0.3, 0.4) is 0 Å². The van der Waals surface area contributed by atoms with Gasteiger partial charge >= 0.3 is 15.9 Å². The Kier molecular flexibility index (Phi) is 43.3. The number of azide groups is 1. The number of nitrogens with zero attached hydrogens (tertiary/aromatic N) is 4. The van der Waals surface area contributed by atoms with Crippen molar-refractivity contribution in [1.29, 1.82) is 0 Å². The van der Waals surface area contributed by atoms with E-state index in [1.54, 1.807) is 5.06 Å². The van der Waals surface area contributed by atoms with Gasteiger partial charge in [0.05, 0.1) is 132 Å². The second-order valence-electron chi connectivity index (χ2n) is 31.1. The minimum absolute atomic E-state index is 0.0311. The lowest BCUT2D eigenvalue weighted by molar-refractivity contribution is -0.240. The number of aliphatic hydroxyl groups is 1. The summed E-state index contributed by atoms with van der Waals surface area (Å²) in [6.45, 7) is 3.63. The van der Waals surface area contributed by atoms with Crippen LogP contribution < -0.4 is 0 Å². The van der Waals surface area contributed by atoms with E-state index in [0.717, 1.165) is 68.3 Å². The summed E-state index contributed by atoms with van der Waals surface area (Å²) >= 11 is 0. The Hall–Kier alpha value is -9.37. The number of phosphoric ester groups is 1. The summed E-state index contributed by atoms with van der Waals surface area (Å²) in [5.41, 5.74) is 17.8. The van der Waals surface area contributed by atoms with Gasteiger partial charge in [-0.3, -0.25) is 13.9 Å². The molecule has 10 aromatic carbocycles. The molecule has 13 rings (SSSR count). The van der Waals surface area contributed by atoms with Crippen molar-refractivity contribution >= 4 is 22.1 Å². The molecule has 10 unspecified atom stereocenters. The van der Waals surface area contributed by atoms with Crippen LogP contribution in [0.2, 0.25) is 0 Å². The molecule has 0 saturated carbocycles. The lowest BCUT2D eigenvalue weighted by Crippen LogP contribution is -2.49. The van der Waals surface area contributed by atoms with Gasteiger partial charge in [0.1, 0.15) is 73.4 Å². The molecule has 130 heavy (non-hydrogen) atoms. The summed E-state index contributed by atoms with van der Waals surface area (Å²) in [6.07, 6.45) is -10.2. The highest BCUT2D eigenvalue weighted by molar-refractivity contribution is 7.47. The maximum atomic E-state index is 13.6. The fraction of sp³-hybridized carbons (Fsp3) is 0.390. The monoisotopic (exact) mass is 1820 g/mol. The second-order valence-corrected chi connectivity index (χ2v) is 33.5. The van der Waals surface area contributed by atoms with E-state index in [4.69, 9.17) is 95.0 Å². The second kappa shape index (κ2) is 56.5. The molecule has 3 aliphatic rings. The Morgan fingerprint density at radius 2 is 0.777 bits per heavy atom. The van der Waals surface area contributed by atoms with Crippen LogP contribution in [0.5, 0.6) is 0 Å². The van der Waals surface area contributed by atoms with Crippen LogP contribution in [-0.2, 0) is 169 Å². The van der Waals surface area contributed by atoms with E-state index in [1.165, 1.54) is 6.66 Å². The smallest absolute Gasteiger partial charge is 0.394 e. The molecule has 28 nitrogen and oxygen atoms in total. The number of aldehydes is 1. The summed E-state index contributed by atoms with van der Waals surface area (Å²) in [4.78, 5) is 32.2. The number of ether oxygens (including phenoxy) is 15. The van der Waals surface area contributed by atoms with Crippen LogP contribution in [0.15, 0.2) is 308 Å². The fourth-order valence-corrected chi connectivity index (χ4v) is 16.3. The zero-order valence-corrected chi connectivity index (χ0v) is 74.7. The number of hydrogen-bond donors (Lipinski definition) is 2. The molecule has 2 N–H and O–H groups in total. The third kappa shape index (κ3) is 34.3. The molecule has 690 valence electrons. The van der Waals surface area contributed by atoms with Crippen molar-refractivity contribution in [2.24, 2.45) is 5.11 Å². The lowest BCUT2D eigenvalue weighted by atomic mass is 10.1. The van der Waals surface area contributed by atoms with Crippen LogP contribution in [0.4, 0.5) is 0 Å². The first-order chi connectivity index (χ1) is 63.9. The van der Waals surface area contributed by atoms with Crippen LogP contribution >= 0.6 is 15.9 Å². The fourth-order valence-electron chi connectivity index (χ4n) is 14.7. The Morgan fingerprint density at radius 3 is 1.15 bits per heavy atom. The highest BCUT2D eigenvalue weighted by atomic mass is 31.2. The molecule has 0 bridgehead atoms. The zero-order chi connectivity index (χ0) is 90.3. The minimum Gasteiger partial charge on any atom is -0.394 e. The standard InChI is InChI=1S/C51H59NO11P.C49H58N3O13P/c1-64(54)63-49-47(36-55-31-39-18-7-2-8-19-39)62-51(50(49)59-35-43-26-15-6-16-27-43)60-37-45(56-32-40-20-9-3-10-21-40)48(58-34-42-24-13-5-14-25-42)46(57-33-41-22-11-4-12-23-41)38-61-52-29-17-28-44(52)30-53;50-52-51-26-27-56-28-29-63-66(54,55)65-47-45(36-57-31-38-16-6-1-7-17-38)64-49(48(47)61-35-42-24-14-5-15-25-42)62-37-44(59-33-40-20-10-3-11-21-40)46(60-34-41-22-12-4-13-23-41)43(30-53)58-32-39-18-8-2-9-19-39/h2-16,18-27,30,44-51H,17,28-29,31-38H2,1H3;1-25,43-49,53H,26-37H2,(H,54,55)/q+1;/t44-,45?,46?,47+,48?,49-,50?,51+;43?,44?,45-,46?,47+,48?,49-/m01/s1. The average molecular weight is 1820 g/mol. The van der Waals surface area contributed by atoms with Gasteiger partial charge in [0.25, 0.3) is 0 Å². The summed E-state index contributed by atoms with van der Waals surface area (Å²) in [5.74, 6) is 0. The van der Waals surface area contributed by atoms with Crippen molar-refractivity contribution in [2.75, 3.05) is 79.2 Å². The number of carbonyl (C=O) groups is 1. The Balaban J connectivity index is 0.000000235. The number of phosphoric acid groups is 1. The Bertz CT molecular complexity index is 4840. The van der Waals surface area contributed by atoms with Gasteiger partial charge < -0.3 is 85.8 Å². The molecule has 3 heterocycles. The molecule has 0 aromatic heterocycles. The molecule has 0 aliphatic carbocycles. The molecule has 0 spiro atoms. The van der Waals surface area contributed by atoms with Crippen molar-refractivity contribution < 1.29 is 113 Å². The van der Waals surface area contributed by atoms with Gasteiger partial charge in [0.2, 0.25) is 0 Å². The highest BCUT2D eigenvalue weighted by Gasteiger charge is 2.53. The van der Waals surface area contributed by atoms with Gasteiger partial charge in [-0.25, -0.2) is 4.57 Å². The number of carbonyl (C=O) groups excluding carboxylic acids is 1. The average Bonchev–Trinajstić information content (AvgIpc) is 1.65. The molecule has 3 aliphatic heterocycles. The number of benzene rings is 10. The van der Waals surface area contributed by atoms with Gasteiger partial charge in [0.15, 0.2) is 25.3 Å². The van der Waals surface area contributed by atoms with Crippen LogP contribution in [-0.4, -0.2) is 192 Å². The maximum Gasteiger partial charge on any atom is 0.505 e. The van der Waals surface area contributed by atoms with Crippen molar-refractivity contribution in [3.63, 3.8) is 0 Å². The van der Waals surface area contributed by atoms with E-state index in [-0.39, 0.29) is 125 Å². The van der Waals surface area contributed by atoms with E-state index >= 15 is 0 Å². The van der Waals surface area contributed by atoms with Crippen LogP contribution in [0.25, 0.3) is 10.4 Å². The van der Waals surface area contributed by atoms with Gasteiger partial charge in [0, 0.05) is 18.0 Å². The number of rotatable bonds is 58. The predicted molar refractivity (Wildman–Crippen MR) is 484 cm³/mol. The molecular formula is C100H117N4O24P2+. The number of aliphatic hydroxyl groups excluding tert-OH is 1. The highest BCUT2D eigenvalue weighted by Crippen LogP contribution is 2.48. The van der Waals surface area contributed by atoms with E-state index in [1.807, 2.05) is 303 Å². The minimum atomic E-state index is -4.80. The first kappa shape index (κ1) is 99.6. The molecule has 0 radical (unpaired) electrons. The topological polar surface area (TPSA) is 319 Å². The van der Waals surface area contributed by atoms with E-state index in [9.17, 15) is 23.9 Å². The molecule has 3 saturated heterocycles. The molecule has 17 atom stereocenters. The van der Waals surface area contributed by atoms with E-state index in [0.29, 0.717) is 19.6 Å². The third-order valence-electron chi connectivity index (χ3n) is 21.4. The van der Waals surface area contributed by atoms with E-state index < -0.39 is 108 Å². The zero-order valence-electron chi connectivity index (χ0n) is 72.9. The molecular weight excluding hydrogens is 1700 g/mol. The Labute approximate surface area is 761 Å². The van der Waals surface area contributed by atoms with E-state index in [2.05, 4.69) is 10.0 Å². The summed E-state index contributed by atoms with van der Waals surface area (Å²) in [5, 5.41) is 16.1. The maximum absolute atomic E-state index is 13.6. The van der Waals surface area contributed by atoms with Crippen molar-refractivity contribution in [3.05, 3.63) is 369 Å². The number of hydrogen-bond acceptors (Lipinski definition) is 25. The molecule has 3 fully saturated rings. The van der Waals surface area contributed by atoms with Crippen molar-refractivity contribution in [2.45, 2.75) is 171 Å². The molecule has 0 amide bonds. The quantitative estimate of drug-likeness (QED) is 0.00893. The lowest BCUT2D eigenvalue weighted by Gasteiger charge is -2.35.